The highest BCUT2D eigenvalue weighted by Crippen LogP contribution is 2.17. The van der Waals surface area contributed by atoms with Crippen molar-refractivity contribution in [3.8, 4) is 6.07 Å². The lowest BCUT2D eigenvalue weighted by Gasteiger charge is -2.29. The van der Waals surface area contributed by atoms with Crippen molar-refractivity contribution in [1.82, 2.24) is 9.80 Å². The molecule has 1 heterocycles. The second kappa shape index (κ2) is 6.58. The molecular weight excluding hydrogens is 218 g/mol. The van der Waals surface area contributed by atoms with Gasteiger partial charge < -0.3 is 9.64 Å². The van der Waals surface area contributed by atoms with E-state index in [-0.39, 0.29) is 24.4 Å². The van der Waals surface area contributed by atoms with Crippen molar-refractivity contribution in [2.75, 3.05) is 33.9 Å². The SMILES string of the molecule is COCCN1C(=O)C(CC#N)N(C)CCC1C. The van der Waals surface area contributed by atoms with E-state index in [0.29, 0.717) is 13.2 Å². The first-order chi connectivity index (χ1) is 8.11. The first-order valence-electron chi connectivity index (χ1n) is 5.98. The quantitative estimate of drug-likeness (QED) is 0.715. The second-order valence-corrected chi connectivity index (χ2v) is 4.52. The maximum atomic E-state index is 12.3. The number of carbonyl (C=O) groups excluding carboxylic acids is 1. The molecule has 0 aliphatic carbocycles. The Morgan fingerprint density at radius 3 is 2.88 bits per heavy atom. The average Bonchev–Trinajstić information content (AvgIpc) is 2.41. The van der Waals surface area contributed by atoms with Crippen molar-refractivity contribution in [3.63, 3.8) is 0 Å². The number of amides is 1. The Morgan fingerprint density at radius 1 is 1.59 bits per heavy atom. The predicted molar refractivity (Wildman–Crippen MR) is 64.3 cm³/mol. The van der Waals surface area contributed by atoms with Crippen LogP contribution in [0.15, 0.2) is 0 Å². The molecule has 1 amide bonds. The maximum absolute atomic E-state index is 12.3. The Hall–Kier alpha value is -1.12. The minimum absolute atomic E-state index is 0.0519. The van der Waals surface area contributed by atoms with Crippen LogP contribution >= 0.6 is 0 Å². The molecule has 0 bridgehead atoms. The zero-order valence-electron chi connectivity index (χ0n) is 10.8. The molecule has 5 nitrogen and oxygen atoms in total. The Balaban J connectivity index is 2.79. The van der Waals surface area contributed by atoms with Crippen molar-refractivity contribution < 1.29 is 9.53 Å². The molecule has 1 aliphatic rings. The van der Waals surface area contributed by atoms with Crippen LogP contribution in [0.25, 0.3) is 0 Å². The van der Waals surface area contributed by atoms with E-state index in [1.807, 2.05) is 16.8 Å². The van der Waals surface area contributed by atoms with Gasteiger partial charge in [0.1, 0.15) is 6.04 Å². The van der Waals surface area contributed by atoms with Crippen molar-refractivity contribution >= 4 is 5.91 Å². The molecule has 2 unspecified atom stereocenters. The van der Waals surface area contributed by atoms with Gasteiger partial charge in [-0.15, -0.1) is 0 Å². The fraction of sp³-hybridized carbons (Fsp3) is 0.833. The maximum Gasteiger partial charge on any atom is 0.241 e. The summed E-state index contributed by atoms with van der Waals surface area (Å²) in [5.41, 5.74) is 0. The van der Waals surface area contributed by atoms with Gasteiger partial charge >= 0.3 is 0 Å². The molecule has 0 N–H and O–H groups in total. The number of nitriles is 1. The van der Waals surface area contributed by atoms with E-state index in [4.69, 9.17) is 10.00 Å². The van der Waals surface area contributed by atoms with E-state index < -0.39 is 0 Å². The molecule has 0 aromatic carbocycles. The van der Waals surface area contributed by atoms with Gasteiger partial charge in [0.05, 0.1) is 19.1 Å². The molecule has 1 rings (SSSR count). The van der Waals surface area contributed by atoms with Gasteiger partial charge in [0, 0.05) is 26.2 Å². The lowest BCUT2D eigenvalue weighted by Crippen LogP contribution is -2.47. The number of likely N-dealkylation sites (N-methyl/N-ethyl adjacent to an activating group) is 1. The minimum atomic E-state index is -0.304. The fourth-order valence-corrected chi connectivity index (χ4v) is 2.15. The summed E-state index contributed by atoms with van der Waals surface area (Å²) in [7, 11) is 3.54. The van der Waals surface area contributed by atoms with E-state index in [1.54, 1.807) is 7.11 Å². The second-order valence-electron chi connectivity index (χ2n) is 4.52. The van der Waals surface area contributed by atoms with Crippen LogP contribution in [0.4, 0.5) is 0 Å². The smallest absolute Gasteiger partial charge is 0.241 e. The number of carbonyl (C=O) groups is 1. The molecule has 1 fully saturated rings. The number of methoxy groups -OCH3 is 1. The van der Waals surface area contributed by atoms with Crippen molar-refractivity contribution in [3.05, 3.63) is 0 Å². The molecule has 0 aromatic heterocycles. The van der Waals surface area contributed by atoms with Crippen LogP contribution in [-0.4, -0.2) is 61.6 Å². The Kier molecular flexibility index (Phi) is 5.39. The Labute approximate surface area is 103 Å². The zero-order chi connectivity index (χ0) is 12.8. The zero-order valence-corrected chi connectivity index (χ0v) is 10.8. The third-order valence-corrected chi connectivity index (χ3v) is 3.35. The number of hydrogen-bond acceptors (Lipinski definition) is 4. The minimum Gasteiger partial charge on any atom is -0.383 e. The van der Waals surface area contributed by atoms with Crippen LogP contribution in [0.3, 0.4) is 0 Å². The van der Waals surface area contributed by atoms with Crippen LogP contribution in [0, 0.1) is 11.3 Å². The predicted octanol–water partition coefficient (Wildman–Crippen LogP) is 0.468. The standard InChI is InChI=1S/C12H21N3O2/c1-10-5-7-14(2)11(4-6-13)12(16)15(10)8-9-17-3/h10-11H,4-5,7-9H2,1-3H3. The third-order valence-electron chi connectivity index (χ3n) is 3.35. The van der Waals surface area contributed by atoms with Crippen LogP contribution in [0.2, 0.25) is 0 Å². The highest BCUT2D eigenvalue weighted by molar-refractivity contribution is 5.82. The molecule has 2 atom stereocenters. The monoisotopic (exact) mass is 239 g/mol. The molecule has 5 heteroatoms. The summed E-state index contributed by atoms with van der Waals surface area (Å²) in [5.74, 6) is 0.0519. The topological polar surface area (TPSA) is 56.6 Å². The molecular formula is C12H21N3O2. The van der Waals surface area contributed by atoms with Crippen LogP contribution in [0.1, 0.15) is 19.8 Å². The van der Waals surface area contributed by atoms with Crippen LogP contribution in [0.5, 0.6) is 0 Å². The number of rotatable bonds is 4. The summed E-state index contributed by atoms with van der Waals surface area (Å²) in [6.45, 7) is 4.05. The molecule has 0 radical (unpaired) electrons. The third kappa shape index (κ3) is 3.42. The molecule has 1 saturated heterocycles. The van der Waals surface area contributed by atoms with Gasteiger partial charge in [0.2, 0.25) is 5.91 Å². The van der Waals surface area contributed by atoms with E-state index in [9.17, 15) is 4.79 Å². The van der Waals surface area contributed by atoms with Gasteiger partial charge in [-0.05, 0) is 20.4 Å². The van der Waals surface area contributed by atoms with Crippen LogP contribution < -0.4 is 0 Å². The van der Waals surface area contributed by atoms with Gasteiger partial charge in [-0.1, -0.05) is 0 Å². The van der Waals surface area contributed by atoms with Gasteiger partial charge in [0.15, 0.2) is 0 Å². The first-order valence-corrected chi connectivity index (χ1v) is 5.98. The highest BCUT2D eigenvalue weighted by atomic mass is 16.5. The van der Waals surface area contributed by atoms with Gasteiger partial charge in [-0.3, -0.25) is 9.69 Å². The molecule has 17 heavy (non-hydrogen) atoms. The van der Waals surface area contributed by atoms with Gasteiger partial charge in [0.25, 0.3) is 0 Å². The molecule has 0 aromatic rings. The normalized spacial score (nSPS) is 26.7. The van der Waals surface area contributed by atoms with E-state index >= 15 is 0 Å². The molecule has 96 valence electrons. The fourth-order valence-electron chi connectivity index (χ4n) is 2.15. The number of hydrogen-bond donors (Lipinski definition) is 0. The van der Waals surface area contributed by atoms with Crippen molar-refractivity contribution in [2.24, 2.45) is 0 Å². The van der Waals surface area contributed by atoms with E-state index in [1.165, 1.54) is 0 Å². The lowest BCUT2D eigenvalue weighted by molar-refractivity contribution is -0.137. The number of nitrogens with zero attached hydrogens (tertiary/aromatic N) is 3. The summed E-state index contributed by atoms with van der Waals surface area (Å²) in [4.78, 5) is 16.2. The summed E-state index contributed by atoms with van der Waals surface area (Å²) < 4.78 is 5.03. The van der Waals surface area contributed by atoms with E-state index in [0.717, 1.165) is 13.0 Å². The number of ether oxygens (including phenoxy) is 1. The largest absolute Gasteiger partial charge is 0.383 e. The van der Waals surface area contributed by atoms with Crippen molar-refractivity contribution in [2.45, 2.75) is 31.8 Å². The summed E-state index contributed by atoms with van der Waals surface area (Å²) in [5, 5.41) is 8.80. The van der Waals surface area contributed by atoms with Gasteiger partial charge in [-0.25, -0.2) is 0 Å². The van der Waals surface area contributed by atoms with Gasteiger partial charge in [-0.2, -0.15) is 5.26 Å². The Bertz CT molecular complexity index is 301. The summed E-state index contributed by atoms with van der Waals surface area (Å²) in [6.07, 6.45) is 1.19. The average molecular weight is 239 g/mol. The summed E-state index contributed by atoms with van der Waals surface area (Å²) in [6, 6.07) is 2.01. The van der Waals surface area contributed by atoms with Crippen LogP contribution in [-0.2, 0) is 9.53 Å². The van der Waals surface area contributed by atoms with Crippen molar-refractivity contribution in [1.29, 1.82) is 5.26 Å². The Morgan fingerprint density at radius 2 is 2.29 bits per heavy atom. The highest BCUT2D eigenvalue weighted by Gasteiger charge is 2.33. The lowest BCUT2D eigenvalue weighted by atomic mass is 10.1. The van der Waals surface area contributed by atoms with E-state index in [2.05, 4.69) is 13.0 Å². The first kappa shape index (κ1) is 13.9. The molecule has 0 spiro atoms. The summed E-state index contributed by atoms with van der Waals surface area (Å²) >= 11 is 0. The molecule has 0 saturated carbocycles. The molecule has 1 aliphatic heterocycles.